The Balaban J connectivity index is 2.67. The molecule has 0 aliphatic heterocycles. The van der Waals surface area contributed by atoms with Crippen molar-refractivity contribution in [2.75, 3.05) is 34.2 Å². The molecule has 0 bridgehead atoms. The quantitative estimate of drug-likeness (QED) is 0.685. The normalized spacial score (nSPS) is 12.2. The second kappa shape index (κ2) is 7.53. The fourth-order valence-electron chi connectivity index (χ4n) is 1.72. The van der Waals surface area contributed by atoms with Crippen molar-refractivity contribution in [3.05, 3.63) is 12.4 Å². The molecular formula is C12H22N4O4S. The molecule has 0 fully saturated rings. The van der Waals surface area contributed by atoms with Crippen molar-refractivity contribution in [2.24, 2.45) is 0 Å². The Bertz CT molecular complexity index is 568. The van der Waals surface area contributed by atoms with Gasteiger partial charge in [-0.3, -0.25) is 9.48 Å². The number of rotatable bonds is 9. The number of carboxylic acids is 1. The van der Waals surface area contributed by atoms with Gasteiger partial charge in [0.1, 0.15) is 4.90 Å². The molecule has 9 heteroatoms. The van der Waals surface area contributed by atoms with Gasteiger partial charge in [-0.25, -0.2) is 12.7 Å². The van der Waals surface area contributed by atoms with E-state index in [0.717, 1.165) is 13.0 Å². The summed E-state index contributed by atoms with van der Waals surface area (Å²) in [6.07, 6.45) is 3.25. The fourth-order valence-corrected chi connectivity index (χ4v) is 2.88. The van der Waals surface area contributed by atoms with E-state index in [4.69, 9.17) is 5.11 Å². The minimum absolute atomic E-state index is 0.0836. The van der Waals surface area contributed by atoms with Gasteiger partial charge in [-0.1, -0.05) is 0 Å². The first kappa shape index (κ1) is 17.6. The lowest BCUT2D eigenvalue weighted by atomic mass is 10.4. The number of carboxylic acid groups (broad SMARTS) is 1. The number of carbonyl (C=O) groups is 1. The Kier molecular flexibility index (Phi) is 6.31. The van der Waals surface area contributed by atoms with Gasteiger partial charge >= 0.3 is 5.97 Å². The smallest absolute Gasteiger partial charge is 0.305 e. The van der Waals surface area contributed by atoms with Crippen LogP contribution in [0, 0.1) is 0 Å². The Morgan fingerprint density at radius 1 is 1.33 bits per heavy atom. The molecule has 0 radical (unpaired) electrons. The minimum Gasteiger partial charge on any atom is -0.481 e. The van der Waals surface area contributed by atoms with Gasteiger partial charge < -0.3 is 10.0 Å². The number of hydrogen-bond donors (Lipinski definition) is 1. The number of hydrogen-bond acceptors (Lipinski definition) is 5. The van der Waals surface area contributed by atoms with Crippen LogP contribution in [-0.2, 0) is 21.4 Å². The molecular weight excluding hydrogens is 296 g/mol. The molecule has 0 amide bonds. The number of sulfonamides is 1. The summed E-state index contributed by atoms with van der Waals surface area (Å²) in [6.45, 7) is 1.37. The maximum atomic E-state index is 12.3. The zero-order valence-electron chi connectivity index (χ0n) is 12.6. The van der Waals surface area contributed by atoms with Crippen molar-refractivity contribution in [3.63, 3.8) is 0 Å². The summed E-state index contributed by atoms with van der Waals surface area (Å²) in [5.41, 5.74) is 0. The van der Waals surface area contributed by atoms with Crippen molar-refractivity contribution in [2.45, 2.75) is 24.3 Å². The van der Waals surface area contributed by atoms with Crippen LogP contribution in [0.4, 0.5) is 0 Å². The van der Waals surface area contributed by atoms with Crippen LogP contribution in [0.25, 0.3) is 0 Å². The SMILES string of the molecule is CN(C)CCCN(C)S(=O)(=O)c1cnn(CCC(=O)O)c1. The summed E-state index contributed by atoms with van der Waals surface area (Å²) in [7, 11) is 1.82. The van der Waals surface area contributed by atoms with E-state index in [-0.39, 0.29) is 17.9 Å². The molecule has 8 nitrogen and oxygen atoms in total. The molecule has 1 N–H and O–H groups in total. The van der Waals surface area contributed by atoms with Crippen molar-refractivity contribution in [1.29, 1.82) is 0 Å². The number of aliphatic carboxylic acids is 1. The van der Waals surface area contributed by atoms with Crippen LogP contribution in [0.3, 0.4) is 0 Å². The van der Waals surface area contributed by atoms with E-state index in [1.807, 2.05) is 19.0 Å². The first-order valence-electron chi connectivity index (χ1n) is 6.59. The zero-order chi connectivity index (χ0) is 16.0. The van der Waals surface area contributed by atoms with E-state index < -0.39 is 16.0 Å². The molecule has 0 atom stereocenters. The molecule has 0 aromatic carbocycles. The van der Waals surface area contributed by atoms with Crippen LogP contribution < -0.4 is 0 Å². The number of aryl methyl sites for hydroxylation is 1. The van der Waals surface area contributed by atoms with Gasteiger partial charge in [-0.05, 0) is 27.1 Å². The first-order chi connectivity index (χ1) is 9.73. The third-order valence-electron chi connectivity index (χ3n) is 2.95. The second-order valence-electron chi connectivity index (χ2n) is 5.07. The Morgan fingerprint density at radius 3 is 2.57 bits per heavy atom. The van der Waals surface area contributed by atoms with Gasteiger partial charge in [0, 0.05) is 19.8 Å². The number of nitrogens with zero attached hydrogens (tertiary/aromatic N) is 4. The van der Waals surface area contributed by atoms with Gasteiger partial charge in [-0.15, -0.1) is 0 Å². The van der Waals surface area contributed by atoms with E-state index in [0.29, 0.717) is 6.54 Å². The average Bonchev–Trinajstić information content (AvgIpc) is 2.85. The molecule has 0 aliphatic carbocycles. The highest BCUT2D eigenvalue weighted by Crippen LogP contribution is 2.13. The molecule has 0 saturated carbocycles. The van der Waals surface area contributed by atoms with E-state index in [1.54, 1.807) is 0 Å². The lowest BCUT2D eigenvalue weighted by Gasteiger charge is -2.17. The molecule has 0 unspecified atom stereocenters. The van der Waals surface area contributed by atoms with Crippen LogP contribution in [0.1, 0.15) is 12.8 Å². The summed E-state index contributed by atoms with van der Waals surface area (Å²) in [5, 5.41) is 12.5. The molecule has 1 heterocycles. The third kappa shape index (κ3) is 5.44. The van der Waals surface area contributed by atoms with E-state index >= 15 is 0 Å². The van der Waals surface area contributed by atoms with Crippen molar-refractivity contribution >= 4 is 16.0 Å². The van der Waals surface area contributed by atoms with E-state index in [1.165, 1.54) is 28.4 Å². The highest BCUT2D eigenvalue weighted by molar-refractivity contribution is 7.89. The second-order valence-corrected chi connectivity index (χ2v) is 7.11. The minimum atomic E-state index is -3.57. The Labute approximate surface area is 125 Å². The van der Waals surface area contributed by atoms with E-state index in [9.17, 15) is 13.2 Å². The lowest BCUT2D eigenvalue weighted by molar-refractivity contribution is -0.137. The van der Waals surface area contributed by atoms with Crippen LogP contribution in [0.15, 0.2) is 17.3 Å². The van der Waals surface area contributed by atoms with Crippen LogP contribution in [0.2, 0.25) is 0 Å². The molecule has 0 aliphatic rings. The topological polar surface area (TPSA) is 95.7 Å². The van der Waals surface area contributed by atoms with Crippen molar-refractivity contribution in [1.82, 2.24) is 19.0 Å². The van der Waals surface area contributed by atoms with Gasteiger partial charge in [0.05, 0.1) is 19.2 Å². The Hall–Kier alpha value is -1.45. The highest BCUT2D eigenvalue weighted by atomic mass is 32.2. The zero-order valence-corrected chi connectivity index (χ0v) is 13.4. The summed E-state index contributed by atoms with van der Waals surface area (Å²) >= 11 is 0. The molecule has 1 rings (SSSR count). The lowest BCUT2D eigenvalue weighted by Crippen LogP contribution is -2.29. The summed E-state index contributed by atoms with van der Waals surface area (Å²) in [5.74, 6) is -0.948. The third-order valence-corrected chi connectivity index (χ3v) is 4.76. The largest absolute Gasteiger partial charge is 0.481 e. The van der Waals surface area contributed by atoms with Gasteiger partial charge in [-0.2, -0.15) is 5.10 Å². The van der Waals surface area contributed by atoms with Crippen LogP contribution in [0.5, 0.6) is 0 Å². The highest BCUT2D eigenvalue weighted by Gasteiger charge is 2.22. The molecule has 120 valence electrons. The predicted octanol–water partition coefficient (Wildman–Crippen LogP) is -0.0700. The standard InChI is InChI=1S/C12H22N4O4S/c1-14(2)6-4-7-15(3)21(19,20)11-9-13-16(10-11)8-5-12(17)18/h9-10H,4-8H2,1-3H3,(H,17,18). The van der Waals surface area contributed by atoms with Gasteiger partial charge in [0.2, 0.25) is 10.0 Å². The summed E-state index contributed by atoms with van der Waals surface area (Å²) in [4.78, 5) is 12.6. The molecule has 1 aromatic rings. The van der Waals surface area contributed by atoms with Gasteiger partial charge in [0.15, 0.2) is 0 Å². The summed E-state index contributed by atoms with van der Waals surface area (Å²) < 4.78 is 27.2. The fraction of sp³-hybridized carbons (Fsp3) is 0.667. The van der Waals surface area contributed by atoms with E-state index in [2.05, 4.69) is 5.10 Å². The monoisotopic (exact) mass is 318 g/mol. The number of aromatic nitrogens is 2. The first-order valence-corrected chi connectivity index (χ1v) is 8.03. The van der Waals surface area contributed by atoms with Crippen molar-refractivity contribution in [3.8, 4) is 0 Å². The maximum absolute atomic E-state index is 12.3. The molecule has 21 heavy (non-hydrogen) atoms. The van der Waals surface area contributed by atoms with Crippen LogP contribution >= 0.6 is 0 Å². The maximum Gasteiger partial charge on any atom is 0.305 e. The predicted molar refractivity (Wildman–Crippen MR) is 77.5 cm³/mol. The molecule has 0 spiro atoms. The van der Waals surface area contributed by atoms with Crippen LogP contribution in [-0.4, -0.2) is 72.7 Å². The van der Waals surface area contributed by atoms with Crippen molar-refractivity contribution < 1.29 is 18.3 Å². The van der Waals surface area contributed by atoms with Gasteiger partial charge in [0.25, 0.3) is 0 Å². The molecule has 0 saturated heterocycles. The summed E-state index contributed by atoms with van der Waals surface area (Å²) in [6, 6.07) is 0. The Morgan fingerprint density at radius 2 is 2.00 bits per heavy atom. The average molecular weight is 318 g/mol. The molecule has 1 aromatic heterocycles.